The lowest BCUT2D eigenvalue weighted by Crippen LogP contribution is -2.46. The molecular formula is C29H32N4O. The molecule has 1 aromatic heterocycles. The number of hydrogen-bond acceptors (Lipinski definition) is 3. The molecule has 5 heteroatoms. The largest absolute Gasteiger partial charge is 0.352 e. The van der Waals surface area contributed by atoms with Crippen LogP contribution in [0.2, 0.25) is 0 Å². The molecule has 1 aliphatic heterocycles. The van der Waals surface area contributed by atoms with Gasteiger partial charge in [-0.15, -0.1) is 0 Å². The number of para-hydroxylation sites is 2. The molecule has 5 rings (SSSR count). The van der Waals surface area contributed by atoms with Gasteiger partial charge in [0, 0.05) is 25.7 Å². The molecule has 174 valence electrons. The molecule has 1 N–H and O–H groups in total. The molecule has 0 aliphatic carbocycles. The third-order valence-electron chi connectivity index (χ3n) is 6.73. The minimum Gasteiger partial charge on any atom is -0.352 e. The number of hydrogen-bond donors (Lipinski definition) is 1. The van der Waals surface area contributed by atoms with Crippen molar-refractivity contribution in [2.24, 2.45) is 0 Å². The lowest BCUT2D eigenvalue weighted by Gasteiger charge is -2.34. The Bertz CT molecular complexity index is 1190. The summed E-state index contributed by atoms with van der Waals surface area (Å²) in [4.78, 5) is 20.8. The fourth-order valence-corrected chi connectivity index (χ4v) is 5.04. The Kier molecular flexibility index (Phi) is 6.61. The number of amides is 1. The van der Waals surface area contributed by atoms with Crippen molar-refractivity contribution in [3.05, 3.63) is 96.1 Å². The van der Waals surface area contributed by atoms with Crippen LogP contribution in [-0.4, -0.2) is 34.6 Å². The summed E-state index contributed by atoms with van der Waals surface area (Å²) in [6, 6.07) is 28.7. The van der Waals surface area contributed by atoms with E-state index in [1.54, 1.807) is 0 Å². The van der Waals surface area contributed by atoms with E-state index in [1.807, 2.05) is 66.7 Å². The van der Waals surface area contributed by atoms with Crippen LogP contribution < -0.4 is 10.2 Å². The van der Waals surface area contributed by atoms with Crippen LogP contribution in [0, 0.1) is 0 Å². The van der Waals surface area contributed by atoms with E-state index in [-0.39, 0.29) is 17.9 Å². The van der Waals surface area contributed by atoms with Gasteiger partial charge in [-0.05, 0) is 42.5 Å². The second-order valence-electron chi connectivity index (χ2n) is 9.08. The summed E-state index contributed by atoms with van der Waals surface area (Å²) in [5, 5.41) is 3.36. The molecule has 0 radical (unpaired) electrons. The van der Waals surface area contributed by atoms with Crippen LogP contribution in [0.15, 0.2) is 84.9 Å². The molecule has 0 bridgehead atoms. The lowest BCUT2D eigenvalue weighted by atomic mass is 9.90. The maximum atomic E-state index is 13.5. The van der Waals surface area contributed by atoms with Crippen LogP contribution in [0.25, 0.3) is 11.0 Å². The van der Waals surface area contributed by atoms with Gasteiger partial charge in [0.15, 0.2) is 0 Å². The average Bonchev–Trinajstić information content (AvgIpc) is 3.25. The SMILES string of the molecule is CCCn1c(N2CCC(NC(=O)C(c3ccccc3)c3ccccc3)CC2)nc2ccccc21. The van der Waals surface area contributed by atoms with Crippen molar-refractivity contribution in [2.45, 2.75) is 44.7 Å². The third kappa shape index (κ3) is 4.56. The van der Waals surface area contributed by atoms with Gasteiger partial charge in [0.1, 0.15) is 0 Å². The number of carbonyl (C=O) groups excluding carboxylic acids is 1. The Morgan fingerprint density at radius 3 is 2.12 bits per heavy atom. The van der Waals surface area contributed by atoms with Gasteiger partial charge in [-0.3, -0.25) is 4.79 Å². The molecule has 0 spiro atoms. The highest BCUT2D eigenvalue weighted by molar-refractivity contribution is 5.87. The first-order chi connectivity index (χ1) is 16.7. The minimum atomic E-state index is -0.297. The highest BCUT2D eigenvalue weighted by Crippen LogP contribution is 2.28. The zero-order valence-corrected chi connectivity index (χ0v) is 19.7. The van der Waals surface area contributed by atoms with E-state index < -0.39 is 0 Å². The van der Waals surface area contributed by atoms with Gasteiger partial charge in [0.2, 0.25) is 11.9 Å². The Morgan fingerprint density at radius 1 is 0.912 bits per heavy atom. The average molecular weight is 453 g/mol. The molecule has 0 unspecified atom stereocenters. The number of fused-ring (bicyclic) bond motifs is 1. The molecule has 1 saturated heterocycles. The van der Waals surface area contributed by atoms with Gasteiger partial charge in [-0.1, -0.05) is 79.7 Å². The van der Waals surface area contributed by atoms with Crippen molar-refractivity contribution >= 4 is 22.9 Å². The van der Waals surface area contributed by atoms with E-state index in [9.17, 15) is 4.79 Å². The van der Waals surface area contributed by atoms with Gasteiger partial charge >= 0.3 is 0 Å². The van der Waals surface area contributed by atoms with Crippen LogP contribution in [0.3, 0.4) is 0 Å². The first-order valence-electron chi connectivity index (χ1n) is 12.3. The molecule has 3 aromatic carbocycles. The van der Waals surface area contributed by atoms with Crippen LogP contribution >= 0.6 is 0 Å². The standard InChI is InChI=1S/C29H32N4O/c1-2-19-33-26-16-10-9-15-25(26)31-29(33)32-20-17-24(18-21-32)30-28(34)27(22-11-5-3-6-12-22)23-13-7-4-8-14-23/h3-16,24,27H,2,17-21H2,1H3,(H,30,34). The van der Waals surface area contributed by atoms with Crippen molar-refractivity contribution in [3.63, 3.8) is 0 Å². The Labute approximate surface area is 201 Å². The normalized spacial score (nSPS) is 14.6. The Hall–Kier alpha value is -3.60. The fourth-order valence-electron chi connectivity index (χ4n) is 5.04. The van der Waals surface area contributed by atoms with Crippen molar-refractivity contribution in [1.29, 1.82) is 0 Å². The van der Waals surface area contributed by atoms with Crippen molar-refractivity contribution in [2.75, 3.05) is 18.0 Å². The Balaban J connectivity index is 1.29. The van der Waals surface area contributed by atoms with E-state index >= 15 is 0 Å². The number of imidazole rings is 1. The predicted octanol–water partition coefficient (Wildman–Crippen LogP) is 5.36. The number of aromatic nitrogens is 2. The molecule has 0 atom stereocenters. The molecule has 5 nitrogen and oxygen atoms in total. The number of anilines is 1. The molecular weight excluding hydrogens is 420 g/mol. The van der Waals surface area contributed by atoms with Gasteiger partial charge in [-0.2, -0.15) is 0 Å². The second kappa shape index (κ2) is 10.1. The summed E-state index contributed by atoms with van der Waals surface area (Å²) in [6.07, 6.45) is 2.90. The molecule has 1 amide bonds. The van der Waals surface area contributed by atoms with Crippen LogP contribution in [0.5, 0.6) is 0 Å². The number of piperidine rings is 1. The predicted molar refractivity (Wildman–Crippen MR) is 138 cm³/mol. The van der Waals surface area contributed by atoms with Crippen LogP contribution in [0.4, 0.5) is 5.95 Å². The number of benzene rings is 3. The number of carbonyl (C=O) groups is 1. The summed E-state index contributed by atoms with van der Waals surface area (Å²) in [6.45, 7) is 4.94. The summed E-state index contributed by atoms with van der Waals surface area (Å²) < 4.78 is 2.34. The van der Waals surface area contributed by atoms with Gasteiger partial charge in [0.25, 0.3) is 0 Å². The second-order valence-corrected chi connectivity index (χ2v) is 9.08. The molecule has 1 fully saturated rings. The quantitative estimate of drug-likeness (QED) is 0.410. The zero-order chi connectivity index (χ0) is 23.3. The maximum Gasteiger partial charge on any atom is 0.232 e. The van der Waals surface area contributed by atoms with Gasteiger partial charge in [0.05, 0.1) is 17.0 Å². The fraction of sp³-hybridized carbons (Fsp3) is 0.310. The molecule has 34 heavy (non-hydrogen) atoms. The minimum absolute atomic E-state index is 0.0778. The summed E-state index contributed by atoms with van der Waals surface area (Å²) in [5.41, 5.74) is 4.30. The van der Waals surface area contributed by atoms with Crippen molar-refractivity contribution in [1.82, 2.24) is 14.9 Å². The van der Waals surface area contributed by atoms with E-state index in [1.165, 1.54) is 5.52 Å². The first-order valence-corrected chi connectivity index (χ1v) is 12.3. The number of nitrogens with one attached hydrogen (secondary N) is 1. The maximum absolute atomic E-state index is 13.5. The third-order valence-corrected chi connectivity index (χ3v) is 6.73. The van der Waals surface area contributed by atoms with E-state index in [2.05, 4.69) is 39.9 Å². The summed E-state index contributed by atoms with van der Waals surface area (Å²) in [7, 11) is 0. The lowest BCUT2D eigenvalue weighted by molar-refractivity contribution is -0.122. The molecule has 0 saturated carbocycles. The van der Waals surface area contributed by atoms with Crippen molar-refractivity contribution in [3.8, 4) is 0 Å². The van der Waals surface area contributed by atoms with E-state index in [0.29, 0.717) is 0 Å². The molecule has 1 aliphatic rings. The van der Waals surface area contributed by atoms with Crippen LogP contribution in [0.1, 0.15) is 43.2 Å². The molecule has 2 heterocycles. The van der Waals surface area contributed by atoms with Gasteiger partial charge < -0.3 is 14.8 Å². The zero-order valence-electron chi connectivity index (χ0n) is 19.7. The van der Waals surface area contributed by atoms with E-state index in [4.69, 9.17) is 4.98 Å². The van der Waals surface area contributed by atoms with Crippen molar-refractivity contribution < 1.29 is 4.79 Å². The highest BCUT2D eigenvalue weighted by atomic mass is 16.2. The monoisotopic (exact) mass is 452 g/mol. The first kappa shape index (κ1) is 22.2. The topological polar surface area (TPSA) is 50.2 Å². The van der Waals surface area contributed by atoms with E-state index in [0.717, 1.165) is 61.5 Å². The highest BCUT2D eigenvalue weighted by Gasteiger charge is 2.28. The number of aryl methyl sites for hydroxylation is 1. The number of rotatable bonds is 7. The van der Waals surface area contributed by atoms with Crippen LogP contribution in [-0.2, 0) is 11.3 Å². The van der Waals surface area contributed by atoms with Gasteiger partial charge in [-0.25, -0.2) is 4.98 Å². The smallest absolute Gasteiger partial charge is 0.232 e. The summed E-state index contributed by atoms with van der Waals surface area (Å²) in [5.74, 6) is 0.836. The summed E-state index contributed by atoms with van der Waals surface area (Å²) >= 11 is 0. The number of nitrogens with zero attached hydrogens (tertiary/aromatic N) is 3. The molecule has 4 aromatic rings. The Morgan fingerprint density at radius 2 is 1.50 bits per heavy atom.